The van der Waals surface area contributed by atoms with Crippen molar-refractivity contribution >= 4 is 5.97 Å². The molecule has 15 heavy (non-hydrogen) atoms. The van der Waals surface area contributed by atoms with E-state index in [1.807, 2.05) is 32.9 Å². The number of ether oxygens (including phenoxy) is 1. The van der Waals surface area contributed by atoms with Crippen LogP contribution in [0.25, 0.3) is 0 Å². The van der Waals surface area contributed by atoms with E-state index in [1.54, 1.807) is 6.20 Å². The van der Waals surface area contributed by atoms with E-state index in [1.165, 1.54) is 7.11 Å². The summed E-state index contributed by atoms with van der Waals surface area (Å²) in [7, 11) is 1.41. The van der Waals surface area contributed by atoms with Crippen LogP contribution in [0.5, 0.6) is 0 Å². The van der Waals surface area contributed by atoms with Gasteiger partial charge in [0.1, 0.15) is 0 Å². The van der Waals surface area contributed by atoms with Gasteiger partial charge in [0.15, 0.2) is 0 Å². The highest BCUT2D eigenvalue weighted by molar-refractivity contribution is 5.73. The van der Waals surface area contributed by atoms with E-state index in [-0.39, 0.29) is 17.8 Å². The maximum Gasteiger partial charge on any atom is 0.309 e. The number of esters is 1. The molecule has 1 rings (SSSR count). The molecule has 0 aromatic carbocycles. The van der Waals surface area contributed by atoms with Gasteiger partial charge in [0.25, 0.3) is 0 Å². The monoisotopic (exact) mass is 207 g/mol. The standard InChI is InChI=1S/C12H17NO2/c1-8-6-5-7-13-11(8)9(2)10(3)12(14)15-4/h5-7,9-10H,1-4H3/t9-,10+/m0/s1. The van der Waals surface area contributed by atoms with Gasteiger partial charge in [0.05, 0.1) is 13.0 Å². The predicted molar refractivity (Wildman–Crippen MR) is 58.6 cm³/mol. The highest BCUT2D eigenvalue weighted by Gasteiger charge is 2.24. The third-order valence-electron chi connectivity index (χ3n) is 2.80. The van der Waals surface area contributed by atoms with Crippen LogP contribution in [0.15, 0.2) is 18.3 Å². The van der Waals surface area contributed by atoms with Gasteiger partial charge in [-0.25, -0.2) is 0 Å². The summed E-state index contributed by atoms with van der Waals surface area (Å²) in [4.78, 5) is 15.7. The fraction of sp³-hybridized carbons (Fsp3) is 0.500. The number of rotatable bonds is 3. The van der Waals surface area contributed by atoms with Crippen molar-refractivity contribution in [2.45, 2.75) is 26.7 Å². The summed E-state index contributed by atoms with van der Waals surface area (Å²) in [6, 6.07) is 3.90. The minimum absolute atomic E-state index is 0.0821. The summed E-state index contributed by atoms with van der Waals surface area (Å²) in [5.41, 5.74) is 2.08. The largest absolute Gasteiger partial charge is 0.469 e. The van der Waals surface area contributed by atoms with Gasteiger partial charge in [-0.05, 0) is 18.6 Å². The van der Waals surface area contributed by atoms with Gasteiger partial charge in [-0.15, -0.1) is 0 Å². The molecule has 3 heteroatoms. The second-order valence-electron chi connectivity index (χ2n) is 3.81. The van der Waals surface area contributed by atoms with Crippen molar-refractivity contribution in [3.8, 4) is 0 Å². The van der Waals surface area contributed by atoms with Crippen LogP contribution in [-0.4, -0.2) is 18.1 Å². The molecule has 1 aromatic rings. The number of aromatic nitrogens is 1. The zero-order valence-corrected chi connectivity index (χ0v) is 9.65. The van der Waals surface area contributed by atoms with Crippen molar-refractivity contribution in [3.63, 3.8) is 0 Å². The Hall–Kier alpha value is -1.38. The molecular weight excluding hydrogens is 190 g/mol. The summed E-state index contributed by atoms with van der Waals surface area (Å²) in [5.74, 6) is -0.269. The Morgan fingerprint density at radius 1 is 1.47 bits per heavy atom. The maximum absolute atomic E-state index is 11.4. The molecule has 0 saturated heterocycles. The zero-order valence-electron chi connectivity index (χ0n) is 9.65. The SMILES string of the molecule is COC(=O)[C@H](C)[C@H](C)c1ncccc1C. The van der Waals surface area contributed by atoms with Crippen molar-refractivity contribution in [1.29, 1.82) is 0 Å². The van der Waals surface area contributed by atoms with E-state index in [4.69, 9.17) is 4.74 Å². The average Bonchev–Trinajstić information content (AvgIpc) is 2.26. The molecular formula is C12H17NO2. The highest BCUT2D eigenvalue weighted by Crippen LogP contribution is 2.25. The van der Waals surface area contributed by atoms with Crippen LogP contribution in [0, 0.1) is 12.8 Å². The molecule has 0 saturated carbocycles. The van der Waals surface area contributed by atoms with Gasteiger partial charge in [0.2, 0.25) is 0 Å². The first-order chi connectivity index (χ1) is 7.07. The Morgan fingerprint density at radius 2 is 2.13 bits per heavy atom. The summed E-state index contributed by atoms with van der Waals surface area (Å²) in [6.45, 7) is 5.87. The maximum atomic E-state index is 11.4. The van der Waals surface area contributed by atoms with E-state index >= 15 is 0 Å². The molecule has 3 nitrogen and oxygen atoms in total. The van der Waals surface area contributed by atoms with Crippen molar-refractivity contribution in [3.05, 3.63) is 29.6 Å². The Bertz CT molecular complexity index is 349. The van der Waals surface area contributed by atoms with Crippen molar-refractivity contribution < 1.29 is 9.53 Å². The first-order valence-corrected chi connectivity index (χ1v) is 5.07. The molecule has 0 N–H and O–H groups in total. The van der Waals surface area contributed by atoms with Crippen LogP contribution in [0.3, 0.4) is 0 Å². The van der Waals surface area contributed by atoms with E-state index in [9.17, 15) is 4.79 Å². The molecule has 0 bridgehead atoms. The molecule has 1 heterocycles. The summed E-state index contributed by atoms with van der Waals surface area (Å²) < 4.78 is 4.73. The lowest BCUT2D eigenvalue weighted by Crippen LogP contribution is -2.20. The van der Waals surface area contributed by atoms with Gasteiger partial charge in [-0.1, -0.05) is 19.9 Å². The first kappa shape index (κ1) is 11.7. The van der Waals surface area contributed by atoms with Crippen LogP contribution in [0.1, 0.15) is 31.0 Å². The Balaban J connectivity index is 2.89. The molecule has 0 radical (unpaired) electrons. The van der Waals surface area contributed by atoms with Crippen LogP contribution < -0.4 is 0 Å². The second kappa shape index (κ2) is 4.91. The summed E-state index contributed by atoms with van der Waals surface area (Å²) >= 11 is 0. The number of hydrogen-bond acceptors (Lipinski definition) is 3. The molecule has 0 spiro atoms. The van der Waals surface area contributed by atoms with Crippen LogP contribution in [-0.2, 0) is 9.53 Å². The van der Waals surface area contributed by atoms with Gasteiger partial charge in [0, 0.05) is 17.8 Å². The molecule has 0 unspecified atom stereocenters. The number of carbonyl (C=O) groups is 1. The summed E-state index contributed by atoms with van der Waals surface area (Å²) in [5, 5.41) is 0. The topological polar surface area (TPSA) is 39.2 Å². The lowest BCUT2D eigenvalue weighted by molar-refractivity contribution is -0.145. The molecule has 0 amide bonds. The molecule has 0 aliphatic rings. The smallest absolute Gasteiger partial charge is 0.309 e. The zero-order chi connectivity index (χ0) is 11.4. The fourth-order valence-electron chi connectivity index (χ4n) is 1.60. The van der Waals surface area contributed by atoms with E-state index in [2.05, 4.69) is 4.98 Å². The Kier molecular flexibility index (Phi) is 3.83. The Morgan fingerprint density at radius 3 is 2.67 bits per heavy atom. The average molecular weight is 207 g/mol. The first-order valence-electron chi connectivity index (χ1n) is 5.07. The molecule has 1 aromatic heterocycles. The number of hydrogen-bond donors (Lipinski definition) is 0. The van der Waals surface area contributed by atoms with E-state index in [0.717, 1.165) is 11.3 Å². The lowest BCUT2D eigenvalue weighted by atomic mass is 9.90. The number of aryl methyl sites for hydroxylation is 1. The van der Waals surface area contributed by atoms with Gasteiger partial charge >= 0.3 is 5.97 Å². The van der Waals surface area contributed by atoms with Crippen LogP contribution in [0.4, 0.5) is 0 Å². The van der Waals surface area contributed by atoms with Gasteiger partial charge in [-0.3, -0.25) is 9.78 Å². The second-order valence-corrected chi connectivity index (χ2v) is 3.81. The molecule has 0 fully saturated rings. The molecule has 82 valence electrons. The number of pyridine rings is 1. The third-order valence-corrected chi connectivity index (χ3v) is 2.80. The lowest BCUT2D eigenvalue weighted by Gasteiger charge is -2.18. The third kappa shape index (κ3) is 2.55. The normalized spacial score (nSPS) is 14.4. The number of carbonyl (C=O) groups excluding carboxylic acids is 1. The molecule has 0 aliphatic heterocycles. The van der Waals surface area contributed by atoms with E-state index in [0.29, 0.717) is 0 Å². The predicted octanol–water partition coefficient (Wildman–Crippen LogP) is 2.30. The fourth-order valence-corrected chi connectivity index (χ4v) is 1.60. The van der Waals surface area contributed by atoms with E-state index < -0.39 is 0 Å². The van der Waals surface area contributed by atoms with Crippen LogP contribution in [0.2, 0.25) is 0 Å². The van der Waals surface area contributed by atoms with Crippen molar-refractivity contribution in [1.82, 2.24) is 4.98 Å². The number of methoxy groups -OCH3 is 1. The number of nitrogens with zero attached hydrogens (tertiary/aromatic N) is 1. The highest BCUT2D eigenvalue weighted by atomic mass is 16.5. The quantitative estimate of drug-likeness (QED) is 0.714. The minimum atomic E-state index is -0.187. The van der Waals surface area contributed by atoms with Crippen molar-refractivity contribution in [2.75, 3.05) is 7.11 Å². The molecule has 0 aliphatic carbocycles. The Labute approximate surface area is 90.5 Å². The van der Waals surface area contributed by atoms with Crippen LogP contribution >= 0.6 is 0 Å². The van der Waals surface area contributed by atoms with Gasteiger partial charge in [-0.2, -0.15) is 0 Å². The summed E-state index contributed by atoms with van der Waals surface area (Å²) in [6.07, 6.45) is 1.75. The van der Waals surface area contributed by atoms with Gasteiger partial charge < -0.3 is 4.74 Å². The van der Waals surface area contributed by atoms with Crippen molar-refractivity contribution in [2.24, 2.45) is 5.92 Å². The molecule has 2 atom stereocenters. The minimum Gasteiger partial charge on any atom is -0.469 e.